The third kappa shape index (κ3) is 3.05. The monoisotopic (exact) mass is 355 g/mol. The van der Waals surface area contributed by atoms with Crippen molar-refractivity contribution in [3.05, 3.63) is 47.1 Å². The Balaban J connectivity index is 2.00. The summed E-state index contributed by atoms with van der Waals surface area (Å²) in [6.45, 7) is 0. The number of aromatic nitrogens is 3. The molecule has 24 heavy (non-hydrogen) atoms. The first-order valence-corrected chi connectivity index (χ1v) is 6.98. The fraction of sp³-hybridized carbons (Fsp3) is 0.133. The molecule has 0 saturated carbocycles. The highest BCUT2D eigenvalue weighted by molar-refractivity contribution is 6.32. The summed E-state index contributed by atoms with van der Waals surface area (Å²) in [5.41, 5.74) is -0.444. The highest BCUT2D eigenvalue weighted by atomic mass is 35.5. The van der Waals surface area contributed by atoms with E-state index >= 15 is 0 Å². The summed E-state index contributed by atoms with van der Waals surface area (Å²) in [6, 6.07) is 7.70. The van der Waals surface area contributed by atoms with Crippen molar-refractivity contribution in [2.75, 3.05) is 7.11 Å². The fourth-order valence-corrected chi connectivity index (χ4v) is 2.25. The molecule has 1 aromatic carbocycles. The van der Waals surface area contributed by atoms with E-state index in [0.29, 0.717) is 17.5 Å². The normalized spacial score (nSPS) is 11.5. The summed E-state index contributed by atoms with van der Waals surface area (Å²) in [5, 5.41) is 7.42. The van der Waals surface area contributed by atoms with Crippen LogP contribution in [0.2, 0.25) is 5.02 Å². The van der Waals surface area contributed by atoms with Crippen molar-refractivity contribution in [2.24, 2.45) is 0 Å². The molecule has 0 bridgehead atoms. The molecule has 0 N–H and O–H groups in total. The minimum atomic E-state index is -4.54. The molecule has 0 spiro atoms. The molecule has 2 aromatic heterocycles. The van der Waals surface area contributed by atoms with Crippen LogP contribution in [0.25, 0.3) is 23.0 Å². The maximum absolute atomic E-state index is 12.6. The number of halogens is 4. The molecular weight excluding hydrogens is 347 g/mol. The van der Waals surface area contributed by atoms with Gasteiger partial charge in [0.15, 0.2) is 0 Å². The topological polar surface area (TPSA) is 61.0 Å². The number of hydrogen-bond acceptors (Lipinski definition) is 5. The van der Waals surface area contributed by atoms with Crippen molar-refractivity contribution in [3.63, 3.8) is 0 Å². The van der Waals surface area contributed by atoms with Crippen molar-refractivity contribution in [3.8, 4) is 28.8 Å². The zero-order valence-corrected chi connectivity index (χ0v) is 12.9. The van der Waals surface area contributed by atoms with Crippen LogP contribution in [0, 0.1) is 0 Å². The molecule has 3 rings (SSSR count). The largest absolute Gasteiger partial charge is 0.496 e. The van der Waals surface area contributed by atoms with Gasteiger partial charge in [0.2, 0.25) is 0 Å². The molecule has 124 valence electrons. The number of pyridine rings is 1. The predicted molar refractivity (Wildman–Crippen MR) is 79.5 cm³/mol. The molecule has 0 unspecified atom stereocenters. The number of para-hydroxylation sites is 1. The first-order chi connectivity index (χ1) is 11.4. The van der Waals surface area contributed by atoms with E-state index in [9.17, 15) is 13.2 Å². The van der Waals surface area contributed by atoms with Gasteiger partial charge in [0.1, 0.15) is 11.4 Å². The molecule has 3 aromatic rings. The molecule has 0 aliphatic carbocycles. The minimum Gasteiger partial charge on any atom is -0.496 e. The van der Waals surface area contributed by atoms with Gasteiger partial charge in [-0.25, -0.2) is 4.98 Å². The number of hydrogen-bond donors (Lipinski definition) is 0. The van der Waals surface area contributed by atoms with Crippen molar-refractivity contribution >= 4 is 11.6 Å². The Morgan fingerprint density at radius 2 is 1.83 bits per heavy atom. The molecule has 0 radical (unpaired) electrons. The Hall–Kier alpha value is -2.61. The lowest BCUT2D eigenvalue weighted by Gasteiger charge is -2.07. The lowest BCUT2D eigenvalue weighted by atomic mass is 10.2. The molecule has 5 nitrogen and oxygen atoms in total. The molecule has 0 fully saturated rings. The molecule has 0 atom stereocenters. The fourth-order valence-electron chi connectivity index (χ4n) is 2.00. The van der Waals surface area contributed by atoms with Crippen LogP contribution >= 0.6 is 11.6 Å². The van der Waals surface area contributed by atoms with Gasteiger partial charge < -0.3 is 9.15 Å². The van der Waals surface area contributed by atoms with Gasteiger partial charge >= 0.3 is 6.18 Å². The van der Waals surface area contributed by atoms with Gasteiger partial charge in [-0.2, -0.15) is 13.2 Å². The average molecular weight is 356 g/mol. The second kappa shape index (κ2) is 6.12. The van der Waals surface area contributed by atoms with Crippen LogP contribution in [0.1, 0.15) is 5.56 Å². The van der Waals surface area contributed by atoms with Crippen LogP contribution in [-0.2, 0) is 6.18 Å². The van der Waals surface area contributed by atoms with E-state index < -0.39 is 11.7 Å². The van der Waals surface area contributed by atoms with E-state index in [1.807, 2.05) is 0 Å². The van der Waals surface area contributed by atoms with Crippen molar-refractivity contribution in [2.45, 2.75) is 6.18 Å². The predicted octanol–water partition coefficient (Wildman–Crippen LogP) is 4.48. The molecule has 0 aliphatic heterocycles. The third-order valence-electron chi connectivity index (χ3n) is 3.13. The van der Waals surface area contributed by atoms with Crippen molar-refractivity contribution in [1.82, 2.24) is 15.2 Å². The first-order valence-electron chi connectivity index (χ1n) is 6.60. The van der Waals surface area contributed by atoms with E-state index in [4.69, 9.17) is 20.8 Å². The highest BCUT2D eigenvalue weighted by Gasteiger charge is 2.32. The Morgan fingerprint density at radius 1 is 1.12 bits per heavy atom. The van der Waals surface area contributed by atoms with Gasteiger partial charge in [-0.05, 0) is 18.2 Å². The van der Waals surface area contributed by atoms with E-state index in [2.05, 4.69) is 15.2 Å². The summed E-state index contributed by atoms with van der Waals surface area (Å²) in [5.74, 6) is 0.564. The number of methoxy groups -OCH3 is 1. The van der Waals surface area contributed by atoms with Gasteiger partial charge in [0, 0.05) is 6.20 Å². The lowest BCUT2D eigenvalue weighted by Crippen LogP contribution is -2.05. The summed E-state index contributed by atoms with van der Waals surface area (Å²) in [7, 11) is 1.49. The zero-order valence-electron chi connectivity index (χ0n) is 12.1. The molecule has 2 heterocycles. The standard InChI is InChI=1S/C15H9ClF3N3O2/c1-23-11-5-3-2-4-9(11)13-21-22-14(24-13)12-10(16)6-8(7-20-12)15(17,18)19/h2-7H,1H3. The zero-order chi connectivity index (χ0) is 17.3. The SMILES string of the molecule is COc1ccccc1-c1nnc(-c2ncc(C(F)(F)F)cc2Cl)o1. The molecular formula is C15H9ClF3N3O2. The number of rotatable bonds is 3. The van der Waals surface area contributed by atoms with E-state index in [0.717, 1.165) is 6.07 Å². The van der Waals surface area contributed by atoms with Gasteiger partial charge in [0.05, 0.1) is 23.3 Å². The van der Waals surface area contributed by atoms with Gasteiger partial charge in [-0.3, -0.25) is 0 Å². The second-order valence-corrected chi connectivity index (χ2v) is 5.07. The Kier molecular flexibility index (Phi) is 4.15. The number of alkyl halides is 3. The van der Waals surface area contributed by atoms with Gasteiger partial charge in [0.25, 0.3) is 11.8 Å². The van der Waals surface area contributed by atoms with Gasteiger partial charge in [-0.15, -0.1) is 10.2 Å². The third-order valence-corrected chi connectivity index (χ3v) is 3.42. The van der Waals surface area contributed by atoms with Crippen LogP contribution in [0.15, 0.2) is 40.9 Å². The minimum absolute atomic E-state index is 0.0293. The first kappa shape index (κ1) is 16.3. The lowest BCUT2D eigenvalue weighted by molar-refractivity contribution is -0.137. The van der Waals surface area contributed by atoms with Gasteiger partial charge in [-0.1, -0.05) is 23.7 Å². The Labute approximate surface area is 139 Å². The summed E-state index contributed by atoms with van der Waals surface area (Å²) < 4.78 is 48.6. The number of benzene rings is 1. The summed E-state index contributed by atoms with van der Waals surface area (Å²) in [6.07, 6.45) is -3.87. The van der Waals surface area contributed by atoms with Crippen LogP contribution in [-0.4, -0.2) is 22.3 Å². The Morgan fingerprint density at radius 3 is 2.50 bits per heavy atom. The van der Waals surface area contributed by atoms with Crippen LogP contribution in [0.5, 0.6) is 5.75 Å². The smallest absolute Gasteiger partial charge is 0.417 e. The molecule has 0 saturated heterocycles. The van der Waals surface area contributed by atoms with Crippen molar-refractivity contribution < 1.29 is 22.3 Å². The van der Waals surface area contributed by atoms with E-state index in [-0.39, 0.29) is 22.5 Å². The van der Waals surface area contributed by atoms with Crippen LogP contribution < -0.4 is 4.74 Å². The van der Waals surface area contributed by atoms with Crippen LogP contribution in [0.3, 0.4) is 0 Å². The summed E-state index contributed by atoms with van der Waals surface area (Å²) in [4.78, 5) is 3.69. The maximum Gasteiger partial charge on any atom is 0.417 e. The summed E-state index contributed by atoms with van der Waals surface area (Å²) >= 11 is 5.87. The maximum atomic E-state index is 12.6. The van der Waals surface area contributed by atoms with Crippen LogP contribution in [0.4, 0.5) is 13.2 Å². The van der Waals surface area contributed by atoms with E-state index in [1.165, 1.54) is 7.11 Å². The highest BCUT2D eigenvalue weighted by Crippen LogP contribution is 2.35. The quantitative estimate of drug-likeness (QED) is 0.693. The molecule has 9 heteroatoms. The molecule has 0 amide bonds. The van der Waals surface area contributed by atoms with E-state index in [1.54, 1.807) is 24.3 Å². The number of nitrogens with zero attached hydrogens (tertiary/aromatic N) is 3. The van der Waals surface area contributed by atoms with Crippen molar-refractivity contribution in [1.29, 1.82) is 0 Å². The average Bonchev–Trinajstić information content (AvgIpc) is 3.03. The number of ether oxygens (including phenoxy) is 1. The Bertz CT molecular complexity index is 880. The second-order valence-electron chi connectivity index (χ2n) is 4.66. The molecule has 0 aliphatic rings.